The summed E-state index contributed by atoms with van der Waals surface area (Å²) in [5.74, 6) is -1.18. The number of hydrogen-bond donors (Lipinski definition) is 0. The highest BCUT2D eigenvalue weighted by molar-refractivity contribution is 7.89. The summed E-state index contributed by atoms with van der Waals surface area (Å²) in [5, 5.41) is 0. The van der Waals surface area contributed by atoms with E-state index in [0.29, 0.717) is 12.8 Å². The number of allylic oxidation sites excluding steroid dienone is 1. The number of ether oxygens (including phenoxy) is 1. The molecule has 1 amide bonds. The van der Waals surface area contributed by atoms with E-state index >= 15 is 0 Å². The van der Waals surface area contributed by atoms with E-state index in [1.54, 1.807) is 18.2 Å². The van der Waals surface area contributed by atoms with Crippen LogP contribution < -0.4 is 0 Å². The van der Waals surface area contributed by atoms with E-state index in [9.17, 15) is 18.0 Å². The van der Waals surface area contributed by atoms with Crippen molar-refractivity contribution in [3.63, 3.8) is 0 Å². The number of fused-ring (bicyclic) bond motifs is 1. The largest absolute Gasteiger partial charge is 0.468 e. The van der Waals surface area contributed by atoms with Crippen LogP contribution in [0.5, 0.6) is 0 Å². The van der Waals surface area contributed by atoms with Crippen molar-refractivity contribution in [1.29, 1.82) is 0 Å². The van der Waals surface area contributed by atoms with Crippen LogP contribution in [0.2, 0.25) is 0 Å². The summed E-state index contributed by atoms with van der Waals surface area (Å²) < 4.78 is 32.2. The summed E-state index contributed by atoms with van der Waals surface area (Å²) in [6.07, 6.45) is 3.30. The molecule has 2 aliphatic rings. The standard InChI is InChI=1S/C19H21NO5S/c1-13-11-16-19(12-14(13)2,18(22)25-3)10-9-17(21)20(16)26(23,24)15-7-5-4-6-8-15/h4-10,16H,11-12H2,1-3H3/t16-,19-/m1/s1. The second kappa shape index (κ2) is 6.39. The zero-order valence-electron chi connectivity index (χ0n) is 14.9. The fourth-order valence-corrected chi connectivity index (χ4v) is 5.34. The molecule has 1 aromatic rings. The third kappa shape index (κ3) is 2.67. The van der Waals surface area contributed by atoms with Crippen molar-refractivity contribution >= 4 is 21.9 Å². The van der Waals surface area contributed by atoms with E-state index in [4.69, 9.17) is 4.74 Å². The zero-order chi connectivity index (χ0) is 19.1. The SMILES string of the molecule is COC(=O)[C@@]12C=CC(=O)N(S(=O)(=O)c3ccccc3)[C@@H]1CC(C)=C(C)C2. The van der Waals surface area contributed by atoms with Gasteiger partial charge in [-0.3, -0.25) is 9.59 Å². The van der Waals surface area contributed by atoms with E-state index in [1.807, 2.05) is 13.8 Å². The molecular weight excluding hydrogens is 354 g/mol. The van der Waals surface area contributed by atoms with Gasteiger partial charge in [0.1, 0.15) is 5.41 Å². The van der Waals surface area contributed by atoms with Crippen LogP contribution in [0.4, 0.5) is 0 Å². The lowest BCUT2D eigenvalue weighted by Gasteiger charge is -2.47. The van der Waals surface area contributed by atoms with Gasteiger partial charge >= 0.3 is 5.97 Å². The molecule has 0 saturated heterocycles. The summed E-state index contributed by atoms with van der Waals surface area (Å²) >= 11 is 0. The van der Waals surface area contributed by atoms with Crippen LogP contribution in [0.1, 0.15) is 26.7 Å². The minimum absolute atomic E-state index is 0.0198. The molecular formula is C19H21NO5S. The zero-order valence-corrected chi connectivity index (χ0v) is 15.7. The van der Waals surface area contributed by atoms with E-state index in [0.717, 1.165) is 15.5 Å². The van der Waals surface area contributed by atoms with Crippen molar-refractivity contribution in [2.45, 2.75) is 37.6 Å². The second-order valence-corrected chi connectivity index (χ2v) is 8.59. The van der Waals surface area contributed by atoms with E-state index in [2.05, 4.69) is 0 Å². The Bertz CT molecular complexity index is 917. The van der Waals surface area contributed by atoms with Gasteiger partial charge in [-0.1, -0.05) is 35.4 Å². The van der Waals surface area contributed by atoms with Crippen LogP contribution in [-0.4, -0.2) is 37.8 Å². The van der Waals surface area contributed by atoms with Crippen molar-refractivity contribution in [3.8, 4) is 0 Å². The molecule has 0 spiro atoms. The number of rotatable bonds is 3. The predicted molar refractivity (Wildman–Crippen MR) is 95.5 cm³/mol. The first kappa shape index (κ1) is 18.4. The van der Waals surface area contributed by atoms with Crippen molar-refractivity contribution in [2.75, 3.05) is 7.11 Å². The third-order valence-electron chi connectivity index (χ3n) is 5.27. The van der Waals surface area contributed by atoms with E-state index in [1.165, 1.54) is 31.4 Å². The number of benzene rings is 1. The molecule has 0 fully saturated rings. The summed E-state index contributed by atoms with van der Waals surface area (Å²) in [6.45, 7) is 3.81. The Morgan fingerprint density at radius 3 is 2.46 bits per heavy atom. The van der Waals surface area contributed by atoms with Gasteiger partial charge in [-0.2, -0.15) is 0 Å². The maximum atomic E-state index is 13.2. The lowest BCUT2D eigenvalue weighted by Crippen LogP contribution is -2.59. The molecule has 26 heavy (non-hydrogen) atoms. The van der Waals surface area contributed by atoms with Gasteiger partial charge in [-0.05, 0) is 38.8 Å². The van der Waals surface area contributed by atoms with Gasteiger partial charge in [0, 0.05) is 6.08 Å². The lowest BCUT2D eigenvalue weighted by molar-refractivity contribution is -0.154. The quantitative estimate of drug-likeness (QED) is 0.599. The molecule has 0 radical (unpaired) electrons. The first-order valence-corrected chi connectivity index (χ1v) is 9.74. The molecule has 0 aromatic heterocycles. The summed E-state index contributed by atoms with van der Waals surface area (Å²) in [4.78, 5) is 25.3. The minimum Gasteiger partial charge on any atom is -0.468 e. The molecule has 7 heteroatoms. The Hall–Kier alpha value is -2.41. The third-order valence-corrected chi connectivity index (χ3v) is 7.09. The van der Waals surface area contributed by atoms with Crippen LogP contribution in [-0.2, 0) is 24.3 Å². The normalized spacial score (nSPS) is 25.9. The molecule has 1 aliphatic heterocycles. The highest BCUT2D eigenvalue weighted by Gasteiger charge is 2.55. The molecule has 2 atom stereocenters. The molecule has 0 unspecified atom stereocenters. The lowest BCUT2D eigenvalue weighted by atomic mass is 9.67. The molecule has 0 N–H and O–H groups in total. The summed E-state index contributed by atoms with van der Waals surface area (Å²) in [5.41, 5.74) is 0.780. The molecule has 1 aliphatic carbocycles. The van der Waals surface area contributed by atoms with Gasteiger partial charge in [-0.15, -0.1) is 0 Å². The van der Waals surface area contributed by atoms with E-state index < -0.39 is 33.4 Å². The molecule has 0 saturated carbocycles. The highest BCUT2D eigenvalue weighted by atomic mass is 32.2. The number of hydrogen-bond acceptors (Lipinski definition) is 5. The van der Waals surface area contributed by atoms with Gasteiger partial charge in [0.2, 0.25) is 0 Å². The van der Waals surface area contributed by atoms with Crippen LogP contribution in [0.3, 0.4) is 0 Å². The fraction of sp³-hybridized carbons (Fsp3) is 0.368. The van der Waals surface area contributed by atoms with Crippen LogP contribution >= 0.6 is 0 Å². The molecule has 3 rings (SSSR count). The van der Waals surface area contributed by atoms with Gasteiger partial charge < -0.3 is 4.74 Å². The number of sulfonamides is 1. The predicted octanol–water partition coefficient (Wildman–Crippen LogP) is 2.43. The topological polar surface area (TPSA) is 80.8 Å². The molecule has 138 valence electrons. The molecule has 6 nitrogen and oxygen atoms in total. The Labute approximate surface area is 153 Å². The second-order valence-electron chi connectivity index (χ2n) is 6.77. The first-order valence-electron chi connectivity index (χ1n) is 8.30. The highest BCUT2D eigenvalue weighted by Crippen LogP contribution is 2.47. The van der Waals surface area contributed by atoms with Crippen molar-refractivity contribution in [2.24, 2.45) is 5.41 Å². The Kier molecular flexibility index (Phi) is 4.52. The number of amides is 1. The van der Waals surface area contributed by atoms with Crippen LogP contribution in [0.15, 0.2) is 58.5 Å². The first-order chi connectivity index (χ1) is 12.2. The summed E-state index contributed by atoms with van der Waals surface area (Å²) in [6, 6.07) is 6.94. The maximum absolute atomic E-state index is 13.2. The smallest absolute Gasteiger partial charge is 0.318 e. The van der Waals surface area contributed by atoms with E-state index in [-0.39, 0.29) is 4.90 Å². The van der Waals surface area contributed by atoms with Gasteiger partial charge in [0.15, 0.2) is 0 Å². The molecule has 1 aromatic carbocycles. The van der Waals surface area contributed by atoms with Crippen molar-refractivity contribution < 1.29 is 22.7 Å². The van der Waals surface area contributed by atoms with Gasteiger partial charge in [-0.25, -0.2) is 12.7 Å². The summed E-state index contributed by atoms with van der Waals surface area (Å²) in [7, 11) is -2.83. The average Bonchev–Trinajstić information content (AvgIpc) is 2.63. The fourth-order valence-electron chi connectivity index (χ4n) is 3.72. The van der Waals surface area contributed by atoms with Crippen LogP contribution in [0.25, 0.3) is 0 Å². The maximum Gasteiger partial charge on any atom is 0.318 e. The monoisotopic (exact) mass is 375 g/mol. The van der Waals surface area contributed by atoms with Crippen molar-refractivity contribution in [1.82, 2.24) is 4.31 Å². The van der Waals surface area contributed by atoms with Gasteiger partial charge in [0.05, 0.1) is 18.0 Å². The Morgan fingerprint density at radius 2 is 1.85 bits per heavy atom. The molecule has 1 heterocycles. The molecule has 0 bridgehead atoms. The average molecular weight is 375 g/mol. The number of nitrogens with zero attached hydrogens (tertiary/aromatic N) is 1. The number of carbonyl (C=O) groups is 2. The number of methoxy groups -OCH3 is 1. The minimum atomic E-state index is -4.10. The van der Waals surface area contributed by atoms with Gasteiger partial charge in [0.25, 0.3) is 15.9 Å². The van der Waals surface area contributed by atoms with Crippen molar-refractivity contribution in [3.05, 3.63) is 53.6 Å². The van der Waals surface area contributed by atoms with Crippen LogP contribution in [0, 0.1) is 5.41 Å². The number of esters is 1. The Balaban J connectivity index is 2.20. The number of carbonyl (C=O) groups excluding carboxylic acids is 2. The Morgan fingerprint density at radius 1 is 1.19 bits per heavy atom.